The van der Waals surface area contributed by atoms with Crippen LogP contribution in [0.1, 0.15) is 43.0 Å². The van der Waals surface area contributed by atoms with Crippen LogP contribution < -0.4 is 18.9 Å². The van der Waals surface area contributed by atoms with Gasteiger partial charge in [0, 0.05) is 11.1 Å². The Morgan fingerprint density at radius 1 is 0.594 bits per heavy atom. The fourth-order valence-corrected chi connectivity index (χ4v) is 3.75. The van der Waals surface area contributed by atoms with Crippen molar-refractivity contribution in [3.05, 3.63) is 81.9 Å². The molecule has 0 aromatic heterocycles. The lowest BCUT2D eigenvalue weighted by atomic mass is 9.89. The van der Waals surface area contributed by atoms with Crippen molar-refractivity contribution < 1.29 is 28.5 Å². The summed E-state index contributed by atoms with van der Waals surface area (Å²) in [7, 11) is 5.99. The average Bonchev–Trinajstić information content (AvgIpc) is 2.82. The number of carbonyl (C=O) groups excluding carboxylic acids is 2. The van der Waals surface area contributed by atoms with E-state index in [-0.39, 0.29) is 11.6 Å². The first kappa shape index (κ1) is 22.9. The standard InChI is InChI=1S/C26H26O6/c1-15-13-17(25(27)23-19(29-3)9-7-10-20(23)30-4)16(2)18(14-15)26(28)24-21(31-5)11-8-12-22(24)32-6/h7-14H,1-6H3. The summed E-state index contributed by atoms with van der Waals surface area (Å²) in [6, 6.07) is 13.8. The van der Waals surface area contributed by atoms with E-state index in [0.29, 0.717) is 50.8 Å². The minimum atomic E-state index is -0.290. The molecule has 3 aromatic carbocycles. The van der Waals surface area contributed by atoms with Crippen molar-refractivity contribution in [2.75, 3.05) is 28.4 Å². The molecule has 0 aliphatic heterocycles. The highest BCUT2D eigenvalue weighted by Crippen LogP contribution is 2.35. The number of hydrogen-bond acceptors (Lipinski definition) is 6. The van der Waals surface area contributed by atoms with Gasteiger partial charge < -0.3 is 18.9 Å². The Morgan fingerprint density at radius 2 is 0.906 bits per heavy atom. The summed E-state index contributed by atoms with van der Waals surface area (Å²) in [4.78, 5) is 27.2. The molecule has 0 saturated carbocycles. The first-order valence-electron chi connectivity index (χ1n) is 10.0. The van der Waals surface area contributed by atoms with Gasteiger partial charge in [-0.25, -0.2) is 0 Å². The topological polar surface area (TPSA) is 71.1 Å². The molecule has 0 heterocycles. The van der Waals surface area contributed by atoms with Gasteiger partial charge in [0.15, 0.2) is 0 Å². The second kappa shape index (κ2) is 9.56. The summed E-state index contributed by atoms with van der Waals surface area (Å²) >= 11 is 0. The molecule has 0 saturated heterocycles. The molecule has 0 unspecified atom stereocenters. The molecule has 0 fully saturated rings. The second-order valence-electron chi connectivity index (χ2n) is 7.22. The van der Waals surface area contributed by atoms with Crippen LogP contribution in [0, 0.1) is 13.8 Å². The zero-order chi connectivity index (χ0) is 23.4. The number of ketones is 2. The Labute approximate surface area is 187 Å². The van der Waals surface area contributed by atoms with Crippen LogP contribution in [0.15, 0.2) is 48.5 Å². The molecule has 166 valence electrons. The van der Waals surface area contributed by atoms with Crippen LogP contribution in [0.5, 0.6) is 23.0 Å². The van der Waals surface area contributed by atoms with Crippen LogP contribution in [0.2, 0.25) is 0 Å². The number of ether oxygens (including phenoxy) is 4. The molecule has 0 atom stereocenters. The molecule has 32 heavy (non-hydrogen) atoms. The van der Waals surface area contributed by atoms with Crippen molar-refractivity contribution in [1.82, 2.24) is 0 Å². The van der Waals surface area contributed by atoms with Crippen molar-refractivity contribution >= 4 is 11.6 Å². The smallest absolute Gasteiger partial charge is 0.200 e. The Morgan fingerprint density at radius 3 is 1.19 bits per heavy atom. The molecular formula is C26H26O6. The predicted molar refractivity (Wildman–Crippen MR) is 122 cm³/mol. The predicted octanol–water partition coefficient (Wildman–Crippen LogP) is 4.80. The first-order valence-corrected chi connectivity index (χ1v) is 10.0. The number of benzene rings is 3. The molecule has 3 aromatic rings. The third-order valence-electron chi connectivity index (χ3n) is 5.35. The van der Waals surface area contributed by atoms with Crippen molar-refractivity contribution in [2.45, 2.75) is 13.8 Å². The van der Waals surface area contributed by atoms with E-state index in [1.807, 2.05) is 6.92 Å². The quantitative estimate of drug-likeness (QED) is 0.474. The van der Waals surface area contributed by atoms with Crippen molar-refractivity contribution in [2.24, 2.45) is 0 Å². The van der Waals surface area contributed by atoms with Crippen LogP contribution in [0.3, 0.4) is 0 Å². The summed E-state index contributed by atoms with van der Waals surface area (Å²) in [5, 5.41) is 0. The Bertz CT molecular complexity index is 1050. The van der Waals surface area contributed by atoms with E-state index >= 15 is 0 Å². The van der Waals surface area contributed by atoms with Gasteiger partial charge >= 0.3 is 0 Å². The first-order chi connectivity index (χ1) is 15.4. The lowest BCUT2D eigenvalue weighted by Crippen LogP contribution is -2.13. The molecule has 0 bridgehead atoms. The largest absolute Gasteiger partial charge is 0.496 e. The fraction of sp³-hybridized carbons (Fsp3) is 0.231. The Hall–Kier alpha value is -3.80. The SMILES string of the molecule is COc1cccc(OC)c1C(=O)c1cc(C)cc(C(=O)c2c(OC)cccc2OC)c1C. The third-order valence-corrected chi connectivity index (χ3v) is 5.35. The van der Waals surface area contributed by atoms with E-state index in [2.05, 4.69) is 0 Å². The highest BCUT2D eigenvalue weighted by atomic mass is 16.5. The number of methoxy groups -OCH3 is 4. The minimum Gasteiger partial charge on any atom is -0.496 e. The number of carbonyl (C=O) groups is 2. The Balaban J connectivity index is 2.21. The molecule has 0 amide bonds. The zero-order valence-electron chi connectivity index (χ0n) is 19.1. The summed E-state index contributed by atoms with van der Waals surface area (Å²) in [5.41, 5.74) is 2.71. The van der Waals surface area contributed by atoms with Gasteiger partial charge in [-0.05, 0) is 61.4 Å². The van der Waals surface area contributed by atoms with Gasteiger partial charge in [0.05, 0.1) is 28.4 Å². The van der Waals surface area contributed by atoms with E-state index in [0.717, 1.165) is 5.56 Å². The molecular weight excluding hydrogens is 408 g/mol. The molecule has 3 rings (SSSR count). The molecule has 0 radical (unpaired) electrons. The normalized spacial score (nSPS) is 10.4. The van der Waals surface area contributed by atoms with Gasteiger partial charge in [0.2, 0.25) is 11.6 Å². The maximum atomic E-state index is 13.6. The minimum absolute atomic E-state index is 0.290. The maximum Gasteiger partial charge on any atom is 0.200 e. The summed E-state index contributed by atoms with van der Waals surface area (Å²) in [6.07, 6.45) is 0. The van der Waals surface area contributed by atoms with Crippen molar-refractivity contribution in [3.8, 4) is 23.0 Å². The van der Waals surface area contributed by atoms with Gasteiger partial charge in [-0.3, -0.25) is 9.59 Å². The number of rotatable bonds is 8. The lowest BCUT2D eigenvalue weighted by Gasteiger charge is -2.17. The maximum absolute atomic E-state index is 13.6. The molecule has 0 spiro atoms. The summed E-state index contributed by atoms with van der Waals surface area (Å²) < 4.78 is 21.6. The molecule has 0 aliphatic rings. The molecule has 0 aliphatic carbocycles. The second-order valence-corrected chi connectivity index (χ2v) is 7.22. The molecule has 0 N–H and O–H groups in total. The van der Waals surface area contributed by atoms with E-state index in [1.54, 1.807) is 55.5 Å². The summed E-state index contributed by atoms with van der Waals surface area (Å²) in [5.74, 6) is 1.01. The lowest BCUT2D eigenvalue weighted by molar-refractivity contribution is 0.103. The number of hydrogen-bond donors (Lipinski definition) is 0. The van der Waals surface area contributed by atoms with E-state index < -0.39 is 0 Å². The van der Waals surface area contributed by atoms with Crippen LogP contribution in [-0.2, 0) is 0 Å². The monoisotopic (exact) mass is 434 g/mol. The number of aryl methyl sites for hydroxylation is 1. The van der Waals surface area contributed by atoms with Gasteiger partial charge in [-0.2, -0.15) is 0 Å². The van der Waals surface area contributed by atoms with Crippen LogP contribution in [0.25, 0.3) is 0 Å². The van der Waals surface area contributed by atoms with E-state index in [9.17, 15) is 9.59 Å². The van der Waals surface area contributed by atoms with Crippen LogP contribution >= 0.6 is 0 Å². The highest BCUT2D eigenvalue weighted by Gasteiger charge is 2.26. The van der Waals surface area contributed by atoms with Gasteiger partial charge in [-0.15, -0.1) is 0 Å². The van der Waals surface area contributed by atoms with Gasteiger partial charge in [-0.1, -0.05) is 12.1 Å². The third kappa shape index (κ3) is 4.04. The van der Waals surface area contributed by atoms with Gasteiger partial charge in [0.25, 0.3) is 0 Å². The average molecular weight is 434 g/mol. The molecule has 6 nitrogen and oxygen atoms in total. The highest BCUT2D eigenvalue weighted by molar-refractivity contribution is 6.18. The van der Waals surface area contributed by atoms with E-state index in [4.69, 9.17) is 18.9 Å². The zero-order valence-corrected chi connectivity index (χ0v) is 19.1. The van der Waals surface area contributed by atoms with Crippen molar-refractivity contribution in [3.63, 3.8) is 0 Å². The Kier molecular flexibility index (Phi) is 6.83. The van der Waals surface area contributed by atoms with Crippen LogP contribution in [0.4, 0.5) is 0 Å². The van der Waals surface area contributed by atoms with E-state index in [1.165, 1.54) is 28.4 Å². The van der Waals surface area contributed by atoms with Crippen LogP contribution in [-0.4, -0.2) is 40.0 Å². The fourth-order valence-electron chi connectivity index (χ4n) is 3.75. The van der Waals surface area contributed by atoms with Crippen molar-refractivity contribution in [1.29, 1.82) is 0 Å². The van der Waals surface area contributed by atoms with Gasteiger partial charge in [0.1, 0.15) is 34.1 Å². The molecule has 6 heteroatoms. The summed E-state index contributed by atoms with van der Waals surface area (Å²) in [6.45, 7) is 3.59.